The maximum atomic E-state index is 13.1. The highest BCUT2D eigenvalue weighted by atomic mass is 16.5. The molecule has 2 bridgehead atoms. The number of hydrogen-bond donors (Lipinski definition) is 2. The van der Waals surface area contributed by atoms with Gasteiger partial charge < -0.3 is 15.8 Å². The van der Waals surface area contributed by atoms with Crippen molar-refractivity contribution in [1.29, 1.82) is 0 Å². The van der Waals surface area contributed by atoms with Gasteiger partial charge in [0.2, 0.25) is 5.88 Å². The molecule has 2 heterocycles. The summed E-state index contributed by atoms with van der Waals surface area (Å²) in [6, 6.07) is 2.72. The Bertz CT molecular complexity index is 974. The second-order valence-electron chi connectivity index (χ2n) is 11.2. The van der Waals surface area contributed by atoms with E-state index in [2.05, 4.69) is 10.3 Å². The third-order valence-corrected chi connectivity index (χ3v) is 9.12. The summed E-state index contributed by atoms with van der Waals surface area (Å²) in [7, 11) is 0. The van der Waals surface area contributed by atoms with Gasteiger partial charge in [-0.05, 0) is 86.7 Å². The van der Waals surface area contributed by atoms with Crippen LogP contribution >= 0.6 is 0 Å². The molecule has 2 atom stereocenters. The lowest BCUT2D eigenvalue weighted by molar-refractivity contribution is -0.141. The van der Waals surface area contributed by atoms with Crippen LogP contribution in [0.5, 0.6) is 5.88 Å². The van der Waals surface area contributed by atoms with Crippen LogP contribution in [0.25, 0.3) is 0 Å². The lowest BCUT2D eigenvalue weighted by atomic mass is 9.52. The van der Waals surface area contributed by atoms with E-state index in [0.29, 0.717) is 11.5 Å². The van der Waals surface area contributed by atoms with Gasteiger partial charge in [-0.15, -0.1) is 0 Å². The summed E-state index contributed by atoms with van der Waals surface area (Å²) < 4.78 is 5.93. The molecule has 7 rings (SSSR count). The molecule has 5 aliphatic carbocycles. The number of urea groups is 1. The van der Waals surface area contributed by atoms with Crippen molar-refractivity contribution in [3.63, 3.8) is 0 Å². The van der Waals surface area contributed by atoms with E-state index in [9.17, 15) is 14.4 Å². The monoisotopic (exact) mass is 452 g/mol. The zero-order valence-corrected chi connectivity index (χ0v) is 18.9. The second kappa shape index (κ2) is 7.71. The predicted molar refractivity (Wildman–Crippen MR) is 119 cm³/mol. The first-order valence-electron chi connectivity index (χ1n) is 12.5. The highest BCUT2D eigenvalue weighted by Gasteiger charge is 2.58. The van der Waals surface area contributed by atoms with Gasteiger partial charge in [0.15, 0.2) is 0 Å². The molecule has 1 aromatic heterocycles. The van der Waals surface area contributed by atoms with E-state index < -0.39 is 5.91 Å². The lowest BCUT2D eigenvalue weighted by Crippen LogP contribution is -2.60. The van der Waals surface area contributed by atoms with Crippen molar-refractivity contribution in [3.05, 3.63) is 23.9 Å². The van der Waals surface area contributed by atoms with Crippen molar-refractivity contribution in [1.82, 2.24) is 15.2 Å². The predicted octanol–water partition coefficient (Wildman–Crippen LogP) is 3.01. The number of imide groups is 1. The Morgan fingerprint density at radius 3 is 2.61 bits per heavy atom. The van der Waals surface area contributed by atoms with Crippen molar-refractivity contribution < 1.29 is 19.1 Å². The van der Waals surface area contributed by atoms with Gasteiger partial charge >= 0.3 is 6.03 Å². The minimum absolute atomic E-state index is 0.0118. The Kier molecular flexibility index (Phi) is 4.89. The Hall–Kier alpha value is -2.64. The van der Waals surface area contributed by atoms with Crippen LogP contribution in [-0.4, -0.2) is 45.9 Å². The topological polar surface area (TPSA) is 115 Å². The Balaban J connectivity index is 1.02. The number of hydrogen-bond acceptors (Lipinski definition) is 5. The number of ether oxygens (including phenoxy) is 1. The van der Waals surface area contributed by atoms with Crippen LogP contribution in [0.1, 0.15) is 74.6 Å². The van der Waals surface area contributed by atoms with Crippen molar-refractivity contribution in [3.8, 4) is 5.88 Å². The van der Waals surface area contributed by atoms with Crippen molar-refractivity contribution >= 4 is 17.8 Å². The third-order valence-electron chi connectivity index (χ3n) is 9.12. The molecule has 8 nitrogen and oxygen atoms in total. The van der Waals surface area contributed by atoms with Gasteiger partial charge in [0.05, 0.1) is 0 Å². The smallest absolute Gasteiger partial charge is 0.325 e. The van der Waals surface area contributed by atoms with Gasteiger partial charge in [0.25, 0.3) is 11.8 Å². The normalized spacial score (nSPS) is 39.2. The van der Waals surface area contributed by atoms with Crippen LogP contribution in [0.3, 0.4) is 0 Å². The SMILES string of the molecule is NC(=O)c1cccnc1O[C@H]1CC2(C1)C[C@H](N1C(=O)NC(CC3CC4CCC3CC4)C1=O)C2. The number of carbonyl (C=O) groups is 3. The molecule has 1 saturated heterocycles. The van der Waals surface area contributed by atoms with Gasteiger partial charge in [-0.1, -0.05) is 12.8 Å². The summed E-state index contributed by atoms with van der Waals surface area (Å²) in [5, 5.41) is 2.99. The largest absolute Gasteiger partial charge is 0.474 e. The number of primary amides is 1. The minimum Gasteiger partial charge on any atom is -0.474 e. The van der Waals surface area contributed by atoms with E-state index in [0.717, 1.165) is 43.9 Å². The summed E-state index contributed by atoms with van der Waals surface area (Å²) in [6.45, 7) is 0. The Labute approximate surface area is 193 Å². The van der Waals surface area contributed by atoms with E-state index in [-0.39, 0.29) is 41.4 Å². The van der Waals surface area contributed by atoms with Crippen molar-refractivity contribution in [2.75, 3.05) is 0 Å². The maximum absolute atomic E-state index is 13.1. The number of fused-ring (bicyclic) bond motifs is 3. The Morgan fingerprint density at radius 1 is 1.18 bits per heavy atom. The fourth-order valence-corrected chi connectivity index (χ4v) is 7.44. The summed E-state index contributed by atoms with van der Waals surface area (Å²) in [5.41, 5.74) is 5.82. The summed E-state index contributed by atoms with van der Waals surface area (Å²) in [6.07, 6.45) is 12.2. The maximum Gasteiger partial charge on any atom is 0.325 e. The molecule has 3 N–H and O–H groups in total. The van der Waals surface area contributed by atoms with Gasteiger partial charge in [-0.25, -0.2) is 9.78 Å². The first kappa shape index (κ1) is 20.9. The summed E-state index contributed by atoms with van der Waals surface area (Å²) in [4.78, 5) is 43.0. The molecule has 0 radical (unpaired) electrons. The Morgan fingerprint density at radius 2 is 1.94 bits per heavy atom. The lowest BCUT2D eigenvalue weighted by Gasteiger charge is -2.58. The number of aromatic nitrogens is 1. The average Bonchev–Trinajstić information content (AvgIpc) is 3.03. The zero-order chi connectivity index (χ0) is 22.7. The van der Waals surface area contributed by atoms with E-state index in [4.69, 9.17) is 10.5 Å². The number of carbonyl (C=O) groups excluding carboxylic acids is 3. The van der Waals surface area contributed by atoms with E-state index in [1.54, 1.807) is 18.3 Å². The molecule has 0 aromatic carbocycles. The second-order valence-corrected chi connectivity index (χ2v) is 11.2. The van der Waals surface area contributed by atoms with E-state index in [1.807, 2.05) is 0 Å². The highest BCUT2D eigenvalue weighted by Crippen LogP contribution is 2.58. The fraction of sp³-hybridized carbons (Fsp3) is 0.680. The van der Waals surface area contributed by atoms with Crippen LogP contribution in [0.2, 0.25) is 0 Å². The first-order chi connectivity index (χ1) is 15.9. The first-order valence-corrected chi connectivity index (χ1v) is 12.5. The molecule has 1 aliphatic heterocycles. The fourth-order valence-electron chi connectivity index (χ4n) is 7.44. The summed E-state index contributed by atoms with van der Waals surface area (Å²) in [5.74, 6) is 1.86. The molecular formula is C25H32N4O4. The van der Waals surface area contributed by atoms with Crippen LogP contribution in [-0.2, 0) is 4.79 Å². The van der Waals surface area contributed by atoms with E-state index >= 15 is 0 Å². The molecule has 2 unspecified atom stereocenters. The number of pyridine rings is 1. The molecule has 8 heteroatoms. The minimum atomic E-state index is -0.551. The van der Waals surface area contributed by atoms with Gasteiger partial charge in [0, 0.05) is 12.2 Å². The van der Waals surface area contributed by atoms with Gasteiger partial charge in [-0.2, -0.15) is 0 Å². The third kappa shape index (κ3) is 3.58. The van der Waals surface area contributed by atoms with Gasteiger partial charge in [0.1, 0.15) is 17.7 Å². The number of nitrogens with one attached hydrogen (secondary N) is 1. The molecule has 33 heavy (non-hydrogen) atoms. The number of amides is 4. The molecule has 6 aliphatic rings. The molecule has 1 spiro atoms. The summed E-state index contributed by atoms with van der Waals surface area (Å²) >= 11 is 0. The quantitative estimate of drug-likeness (QED) is 0.644. The van der Waals surface area contributed by atoms with Crippen molar-refractivity contribution in [2.24, 2.45) is 28.9 Å². The number of nitrogens with two attached hydrogens (primary N) is 1. The average molecular weight is 453 g/mol. The molecule has 176 valence electrons. The number of nitrogens with zero attached hydrogens (tertiary/aromatic N) is 2. The van der Waals surface area contributed by atoms with Gasteiger partial charge in [-0.3, -0.25) is 14.5 Å². The molecule has 4 amide bonds. The number of rotatable bonds is 6. The zero-order valence-electron chi connectivity index (χ0n) is 18.9. The van der Waals surface area contributed by atoms with Crippen LogP contribution in [0.4, 0.5) is 4.79 Å². The van der Waals surface area contributed by atoms with Crippen LogP contribution < -0.4 is 15.8 Å². The van der Waals surface area contributed by atoms with E-state index in [1.165, 1.54) is 37.0 Å². The highest BCUT2D eigenvalue weighted by molar-refractivity contribution is 6.04. The molecule has 5 saturated carbocycles. The standard InChI is InChI=1S/C25H32N4O4/c26-21(30)19-2-1-7-27-22(19)33-18-12-25(13-18)10-17(11-25)29-23(31)20(28-24(29)32)9-16-8-14-3-5-15(16)6-4-14/h1-2,7,14-18,20H,3-6,8-13H2,(H2,26,30)(H,28,32)/t14?,15?,16?,17-,18-,20?,25?. The molecular weight excluding hydrogens is 420 g/mol. The van der Waals surface area contributed by atoms with Crippen molar-refractivity contribution in [2.45, 2.75) is 82.4 Å². The molecule has 6 fully saturated rings. The van der Waals surface area contributed by atoms with Crippen LogP contribution in [0, 0.1) is 23.2 Å². The molecule has 1 aromatic rings. The van der Waals surface area contributed by atoms with Crippen LogP contribution in [0.15, 0.2) is 18.3 Å².